The first-order valence-corrected chi connectivity index (χ1v) is 6.12. The van der Waals surface area contributed by atoms with Crippen LogP contribution in [0.15, 0.2) is 46.5 Å². The van der Waals surface area contributed by atoms with Crippen LogP contribution in [-0.4, -0.2) is 4.98 Å². The van der Waals surface area contributed by atoms with Gasteiger partial charge in [0.05, 0.1) is 11.6 Å². The average molecular weight is 240 g/mol. The lowest BCUT2D eigenvalue weighted by molar-refractivity contribution is 1.12. The van der Waals surface area contributed by atoms with Gasteiger partial charge >= 0.3 is 0 Å². The number of pyridine rings is 1. The van der Waals surface area contributed by atoms with E-state index in [4.69, 9.17) is 5.26 Å². The molecule has 0 saturated carbocycles. The molecule has 0 aliphatic rings. The van der Waals surface area contributed by atoms with E-state index in [0.717, 1.165) is 5.03 Å². The summed E-state index contributed by atoms with van der Waals surface area (Å²) in [5.41, 5.74) is 3.10. The molecular formula is C14H12N2S. The number of nitrogens with zero attached hydrogens (tertiary/aromatic N) is 2. The summed E-state index contributed by atoms with van der Waals surface area (Å²) in [4.78, 5) is 5.45. The zero-order valence-electron chi connectivity index (χ0n) is 9.77. The van der Waals surface area contributed by atoms with Crippen LogP contribution in [0.25, 0.3) is 0 Å². The third-order valence-corrected chi connectivity index (χ3v) is 3.51. The van der Waals surface area contributed by atoms with Gasteiger partial charge in [-0.2, -0.15) is 5.26 Å². The molecule has 1 heterocycles. The summed E-state index contributed by atoms with van der Waals surface area (Å²) in [6.07, 6.45) is 1.67. The fraction of sp³-hybridized carbons (Fsp3) is 0.143. The minimum Gasteiger partial charge on any atom is -0.250 e. The van der Waals surface area contributed by atoms with E-state index in [1.807, 2.05) is 6.07 Å². The molecule has 1 aromatic carbocycles. The number of aryl methyl sites for hydroxylation is 2. The highest BCUT2D eigenvalue weighted by Crippen LogP contribution is 2.29. The van der Waals surface area contributed by atoms with E-state index in [-0.39, 0.29) is 0 Å². The molecule has 0 saturated heterocycles. The van der Waals surface area contributed by atoms with Crippen molar-refractivity contribution in [2.45, 2.75) is 23.8 Å². The molecule has 17 heavy (non-hydrogen) atoms. The molecule has 0 bridgehead atoms. The Morgan fingerprint density at radius 3 is 2.76 bits per heavy atom. The Balaban J connectivity index is 2.31. The first-order chi connectivity index (χ1) is 8.19. The Hall–Kier alpha value is -1.79. The van der Waals surface area contributed by atoms with Gasteiger partial charge in [-0.05, 0) is 43.2 Å². The fourth-order valence-electron chi connectivity index (χ4n) is 1.46. The molecule has 2 nitrogen and oxygen atoms in total. The molecule has 0 fully saturated rings. The van der Waals surface area contributed by atoms with Gasteiger partial charge in [0.2, 0.25) is 0 Å². The van der Waals surface area contributed by atoms with Crippen molar-refractivity contribution in [3.05, 3.63) is 53.2 Å². The maximum Gasteiger partial charge on any atom is 0.102 e. The van der Waals surface area contributed by atoms with E-state index in [1.54, 1.807) is 24.0 Å². The largest absolute Gasteiger partial charge is 0.250 e. The number of aromatic nitrogens is 1. The average Bonchev–Trinajstić information content (AvgIpc) is 2.34. The molecule has 0 aliphatic carbocycles. The molecule has 0 radical (unpaired) electrons. The monoisotopic (exact) mass is 240 g/mol. The van der Waals surface area contributed by atoms with Gasteiger partial charge < -0.3 is 0 Å². The molecule has 0 N–H and O–H groups in total. The SMILES string of the molecule is Cc1ccc(C)c(Sc2cc(C#N)ccn2)c1. The molecule has 2 aromatic rings. The molecule has 84 valence electrons. The van der Waals surface area contributed by atoms with Crippen LogP contribution < -0.4 is 0 Å². The summed E-state index contributed by atoms with van der Waals surface area (Å²) in [6.45, 7) is 4.15. The third kappa shape index (κ3) is 2.86. The molecule has 2 rings (SSSR count). The van der Waals surface area contributed by atoms with Crippen molar-refractivity contribution in [2.75, 3.05) is 0 Å². The van der Waals surface area contributed by atoms with E-state index in [0.29, 0.717) is 5.56 Å². The quantitative estimate of drug-likeness (QED) is 0.802. The van der Waals surface area contributed by atoms with Crippen molar-refractivity contribution >= 4 is 11.8 Å². The lowest BCUT2D eigenvalue weighted by Crippen LogP contribution is -1.85. The van der Waals surface area contributed by atoms with Gasteiger partial charge in [0.25, 0.3) is 0 Å². The number of hydrogen-bond acceptors (Lipinski definition) is 3. The number of benzene rings is 1. The van der Waals surface area contributed by atoms with Crippen LogP contribution in [0.4, 0.5) is 0 Å². The van der Waals surface area contributed by atoms with Crippen LogP contribution in [0.2, 0.25) is 0 Å². The van der Waals surface area contributed by atoms with E-state index >= 15 is 0 Å². The number of nitriles is 1. The third-order valence-electron chi connectivity index (χ3n) is 2.42. The van der Waals surface area contributed by atoms with Crippen LogP contribution in [0.1, 0.15) is 16.7 Å². The maximum absolute atomic E-state index is 8.84. The van der Waals surface area contributed by atoms with Gasteiger partial charge in [-0.1, -0.05) is 23.9 Å². The normalized spacial score (nSPS) is 9.94. The summed E-state index contributed by atoms with van der Waals surface area (Å²) >= 11 is 1.60. The zero-order valence-corrected chi connectivity index (χ0v) is 10.6. The molecule has 3 heteroatoms. The summed E-state index contributed by atoms with van der Waals surface area (Å²) in [7, 11) is 0. The zero-order chi connectivity index (χ0) is 12.3. The standard InChI is InChI=1S/C14H12N2S/c1-10-3-4-11(2)13(7-10)17-14-8-12(9-15)5-6-16-14/h3-8H,1-2H3. The van der Waals surface area contributed by atoms with Gasteiger partial charge in [0, 0.05) is 11.1 Å². The number of hydrogen-bond donors (Lipinski definition) is 0. The summed E-state index contributed by atoms with van der Waals surface area (Å²) < 4.78 is 0. The van der Waals surface area contributed by atoms with Crippen molar-refractivity contribution in [3.63, 3.8) is 0 Å². The highest BCUT2D eigenvalue weighted by molar-refractivity contribution is 7.99. The van der Waals surface area contributed by atoms with Crippen molar-refractivity contribution < 1.29 is 0 Å². The predicted molar refractivity (Wildman–Crippen MR) is 69.0 cm³/mol. The van der Waals surface area contributed by atoms with E-state index in [1.165, 1.54) is 16.0 Å². The second-order valence-electron chi connectivity index (χ2n) is 3.87. The lowest BCUT2D eigenvalue weighted by Gasteiger charge is -2.06. The lowest BCUT2D eigenvalue weighted by atomic mass is 10.2. The number of rotatable bonds is 2. The topological polar surface area (TPSA) is 36.7 Å². The minimum atomic E-state index is 0.646. The minimum absolute atomic E-state index is 0.646. The second kappa shape index (κ2) is 5.03. The molecule has 1 aromatic heterocycles. The highest BCUT2D eigenvalue weighted by Gasteiger charge is 2.03. The van der Waals surface area contributed by atoms with Gasteiger partial charge in [-0.25, -0.2) is 4.98 Å². The van der Waals surface area contributed by atoms with Gasteiger partial charge in [-0.15, -0.1) is 0 Å². The van der Waals surface area contributed by atoms with E-state index < -0.39 is 0 Å². The van der Waals surface area contributed by atoms with E-state index in [9.17, 15) is 0 Å². The van der Waals surface area contributed by atoms with Crippen LogP contribution in [0.5, 0.6) is 0 Å². The Morgan fingerprint density at radius 2 is 2.00 bits per heavy atom. The summed E-state index contributed by atoms with van der Waals surface area (Å²) in [6, 6.07) is 12.0. The van der Waals surface area contributed by atoms with E-state index in [2.05, 4.69) is 43.1 Å². The molecule has 0 unspecified atom stereocenters. The highest BCUT2D eigenvalue weighted by atomic mass is 32.2. The Bertz CT molecular complexity index is 585. The van der Waals surface area contributed by atoms with Crippen LogP contribution >= 0.6 is 11.8 Å². The molecule has 0 spiro atoms. The van der Waals surface area contributed by atoms with Crippen molar-refractivity contribution in [1.82, 2.24) is 4.98 Å². The smallest absolute Gasteiger partial charge is 0.102 e. The van der Waals surface area contributed by atoms with Gasteiger partial charge in [0.1, 0.15) is 5.03 Å². The molecule has 0 atom stereocenters. The Labute approximate surface area is 105 Å². The van der Waals surface area contributed by atoms with Crippen LogP contribution in [-0.2, 0) is 0 Å². The maximum atomic E-state index is 8.84. The fourth-order valence-corrected chi connectivity index (χ4v) is 2.46. The van der Waals surface area contributed by atoms with Crippen molar-refractivity contribution in [3.8, 4) is 6.07 Å². The summed E-state index contributed by atoms with van der Waals surface area (Å²) in [5, 5.41) is 9.70. The first-order valence-electron chi connectivity index (χ1n) is 5.30. The molecular weight excluding hydrogens is 228 g/mol. The Morgan fingerprint density at radius 1 is 1.18 bits per heavy atom. The summed E-state index contributed by atoms with van der Waals surface area (Å²) in [5.74, 6) is 0. The molecule has 0 amide bonds. The van der Waals surface area contributed by atoms with Gasteiger partial charge in [-0.3, -0.25) is 0 Å². The van der Waals surface area contributed by atoms with Crippen molar-refractivity contribution in [1.29, 1.82) is 5.26 Å². The Kier molecular flexibility index (Phi) is 3.46. The van der Waals surface area contributed by atoms with Gasteiger partial charge in [0.15, 0.2) is 0 Å². The molecule has 0 aliphatic heterocycles. The second-order valence-corrected chi connectivity index (χ2v) is 4.93. The van der Waals surface area contributed by atoms with Crippen molar-refractivity contribution in [2.24, 2.45) is 0 Å². The van der Waals surface area contributed by atoms with Crippen LogP contribution in [0.3, 0.4) is 0 Å². The van der Waals surface area contributed by atoms with Crippen LogP contribution in [0, 0.1) is 25.2 Å². The predicted octanol–water partition coefficient (Wildman–Crippen LogP) is 3.72. The first kappa shape index (κ1) is 11.7.